The number of primary amides is 1. The molecule has 0 aromatic carbocycles. The van der Waals surface area contributed by atoms with Crippen LogP contribution in [0.1, 0.15) is 61.3 Å². The summed E-state index contributed by atoms with van der Waals surface area (Å²) in [6, 6.07) is 3.90. The summed E-state index contributed by atoms with van der Waals surface area (Å²) in [5.74, 6) is -0.373. The molecule has 2 N–H and O–H groups in total. The minimum Gasteiger partial charge on any atom is -0.382 e. The van der Waals surface area contributed by atoms with Crippen LogP contribution in [0, 0.1) is 6.92 Å². The van der Waals surface area contributed by atoms with Crippen molar-refractivity contribution in [2.45, 2.75) is 59.4 Å². The van der Waals surface area contributed by atoms with Gasteiger partial charge in [-0.15, -0.1) is 0 Å². The van der Waals surface area contributed by atoms with Crippen LogP contribution in [0.3, 0.4) is 0 Å². The second kappa shape index (κ2) is 10.1. The van der Waals surface area contributed by atoms with E-state index in [-0.39, 0.29) is 5.91 Å². The summed E-state index contributed by atoms with van der Waals surface area (Å²) in [5, 5.41) is 0. The molecule has 142 valence electrons. The molecule has 0 aliphatic rings. The van der Waals surface area contributed by atoms with Crippen molar-refractivity contribution < 1.29 is 9.53 Å². The monoisotopic (exact) mass is 357 g/mol. The number of pyridine rings is 1. The normalized spacial score (nSPS) is 11.0. The molecule has 0 atom stereocenters. The van der Waals surface area contributed by atoms with E-state index in [9.17, 15) is 4.79 Å². The van der Waals surface area contributed by atoms with Crippen LogP contribution in [-0.2, 0) is 17.7 Å². The molecule has 2 aromatic rings. The first-order valence-corrected chi connectivity index (χ1v) is 9.61. The van der Waals surface area contributed by atoms with Gasteiger partial charge < -0.3 is 15.0 Å². The van der Waals surface area contributed by atoms with Crippen LogP contribution < -0.4 is 5.73 Å². The molecule has 2 aromatic heterocycles. The Hall–Kier alpha value is -2.14. The van der Waals surface area contributed by atoms with Crippen molar-refractivity contribution in [1.82, 2.24) is 9.55 Å². The molecule has 0 fully saturated rings. The summed E-state index contributed by atoms with van der Waals surface area (Å²) in [5.41, 5.74) is 10.4. The van der Waals surface area contributed by atoms with Gasteiger partial charge in [0.05, 0.1) is 5.56 Å². The maximum absolute atomic E-state index is 12.3. The van der Waals surface area contributed by atoms with Crippen LogP contribution in [0.5, 0.6) is 0 Å². The number of hydrogen-bond donors (Lipinski definition) is 1. The highest BCUT2D eigenvalue weighted by Gasteiger charge is 2.24. The number of carbonyl (C=O) groups excluding carboxylic acids is 1. The van der Waals surface area contributed by atoms with Crippen LogP contribution in [0.15, 0.2) is 24.5 Å². The highest BCUT2D eigenvalue weighted by atomic mass is 16.5. The Morgan fingerprint density at radius 2 is 2.08 bits per heavy atom. The third-order valence-electron chi connectivity index (χ3n) is 4.72. The number of rotatable bonds is 11. The average Bonchev–Trinajstić information content (AvgIpc) is 2.92. The van der Waals surface area contributed by atoms with Gasteiger partial charge >= 0.3 is 0 Å². The number of nitrogens with two attached hydrogens (primary N) is 1. The molecule has 26 heavy (non-hydrogen) atoms. The largest absolute Gasteiger partial charge is 0.382 e. The van der Waals surface area contributed by atoms with Gasteiger partial charge in [-0.3, -0.25) is 9.78 Å². The quantitative estimate of drug-likeness (QED) is 0.615. The summed E-state index contributed by atoms with van der Waals surface area (Å²) in [6.07, 6.45) is 8.83. The number of carbonyl (C=O) groups is 1. The van der Waals surface area contributed by atoms with Crippen molar-refractivity contribution in [2.24, 2.45) is 5.73 Å². The second-order valence-electron chi connectivity index (χ2n) is 6.55. The Kier molecular flexibility index (Phi) is 7.85. The molecule has 0 unspecified atom stereocenters. The van der Waals surface area contributed by atoms with Gasteiger partial charge in [-0.2, -0.15) is 0 Å². The van der Waals surface area contributed by atoms with E-state index in [2.05, 4.69) is 16.5 Å². The van der Waals surface area contributed by atoms with Gasteiger partial charge in [0.15, 0.2) is 0 Å². The first-order valence-electron chi connectivity index (χ1n) is 9.61. The molecule has 0 aliphatic heterocycles. The van der Waals surface area contributed by atoms with Crippen molar-refractivity contribution in [3.8, 4) is 11.1 Å². The maximum atomic E-state index is 12.3. The van der Waals surface area contributed by atoms with Crippen LogP contribution in [0.25, 0.3) is 11.1 Å². The van der Waals surface area contributed by atoms with Crippen LogP contribution in [0.4, 0.5) is 0 Å². The minimum absolute atomic E-state index is 0.373. The number of amides is 1. The fourth-order valence-electron chi connectivity index (χ4n) is 3.49. The van der Waals surface area contributed by atoms with Crippen LogP contribution >= 0.6 is 0 Å². The number of aromatic nitrogens is 2. The van der Waals surface area contributed by atoms with Gasteiger partial charge in [0, 0.05) is 54.7 Å². The van der Waals surface area contributed by atoms with Crippen molar-refractivity contribution in [1.29, 1.82) is 0 Å². The molecule has 0 saturated heterocycles. The fourth-order valence-corrected chi connectivity index (χ4v) is 3.49. The van der Waals surface area contributed by atoms with Gasteiger partial charge in [-0.25, -0.2) is 0 Å². The number of ether oxygens (including phenoxy) is 1. The zero-order chi connectivity index (χ0) is 18.9. The second-order valence-corrected chi connectivity index (χ2v) is 6.55. The summed E-state index contributed by atoms with van der Waals surface area (Å²) in [4.78, 5) is 16.5. The van der Waals surface area contributed by atoms with E-state index in [0.29, 0.717) is 5.56 Å². The van der Waals surface area contributed by atoms with Crippen molar-refractivity contribution in [3.05, 3.63) is 41.5 Å². The van der Waals surface area contributed by atoms with E-state index in [4.69, 9.17) is 10.5 Å². The van der Waals surface area contributed by atoms with E-state index in [1.165, 1.54) is 12.1 Å². The van der Waals surface area contributed by atoms with Crippen molar-refractivity contribution in [2.75, 3.05) is 13.2 Å². The predicted octanol–water partition coefficient (Wildman–Crippen LogP) is 4.12. The van der Waals surface area contributed by atoms with E-state index < -0.39 is 0 Å². The minimum atomic E-state index is -0.373. The standard InChI is InChI=1S/C21H31N3O2/c1-4-6-7-11-18-20(17-10-8-12-23-15-17)19(21(22)25)16(3)24(18)13-9-14-26-5-2/h8,10,12,15H,4-7,9,11,13-14H2,1-3H3,(H2,22,25). The van der Waals surface area contributed by atoms with Gasteiger partial charge in [-0.1, -0.05) is 25.8 Å². The first kappa shape index (κ1) is 20.2. The molecule has 0 aliphatic carbocycles. The molecular weight excluding hydrogens is 326 g/mol. The highest BCUT2D eigenvalue weighted by Crippen LogP contribution is 2.33. The Bertz CT molecular complexity index is 708. The molecule has 0 spiro atoms. The lowest BCUT2D eigenvalue weighted by Gasteiger charge is -2.13. The lowest BCUT2D eigenvalue weighted by atomic mass is 9.98. The van der Waals surface area contributed by atoms with Crippen molar-refractivity contribution >= 4 is 5.91 Å². The Morgan fingerprint density at radius 3 is 2.69 bits per heavy atom. The van der Waals surface area contributed by atoms with E-state index in [1.807, 2.05) is 32.2 Å². The van der Waals surface area contributed by atoms with Crippen LogP contribution in [0.2, 0.25) is 0 Å². The summed E-state index contributed by atoms with van der Waals surface area (Å²) in [6.45, 7) is 8.46. The number of hydrogen-bond acceptors (Lipinski definition) is 3. The Labute approximate surface area is 156 Å². The third kappa shape index (κ3) is 4.73. The molecule has 5 heteroatoms. The lowest BCUT2D eigenvalue weighted by molar-refractivity contribution is 0.1000. The SMILES string of the molecule is CCCCCc1c(-c2cccnc2)c(C(N)=O)c(C)n1CCCOCC. The molecule has 0 radical (unpaired) electrons. The smallest absolute Gasteiger partial charge is 0.251 e. The zero-order valence-electron chi connectivity index (χ0n) is 16.3. The summed E-state index contributed by atoms with van der Waals surface area (Å²) < 4.78 is 7.75. The van der Waals surface area contributed by atoms with E-state index in [0.717, 1.165) is 62.3 Å². The van der Waals surface area contributed by atoms with Gasteiger partial charge in [0.25, 0.3) is 5.91 Å². The molecule has 1 amide bonds. The average molecular weight is 357 g/mol. The third-order valence-corrected chi connectivity index (χ3v) is 4.72. The molecular formula is C21H31N3O2. The van der Waals surface area contributed by atoms with E-state index >= 15 is 0 Å². The lowest BCUT2D eigenvalue weighted by Crippen LogP contribution is -2.14. The van der Waals surface area contributed by atoms with E-state index in [1.54, 1.807) is 6.20 Å². The molecule has 2 heterocycles. The summed E-state index contributed by atoms with van der Waals surface area (Å²) in [7, 11) is 0. The number of nitrogens with zero attached hydrogens (tertiary/aromatic N) is 2. The molecule has 0 bridgehead atoms. The van der Waals surface area contributed by atoms with Crippen molar-refractivity contribution in [3.63, 3.8) is 0 Å². The van der Waals surface area contributed by atoms with Crippen LogP contribution in [-0.4, -0.2) is 28.7 Å². The first-order chi connectivity index (χ1) is 12.6. The van der Waals surface area contributed by atoms with Gasteiger partial charge in [0.2, 0.25) is 0 Å². The zero-order valence-corrected chi connectivity index (χ0v) is 16.3. The summed E-state index contributed by atoms with van der Waals surface area (Å²) >= 11 is 0. The van der Waals surface area contributed by atoms with Gasteiger partial charge in [-0.05, 0) is 39.2 Å². The maximum Gasteiger partial charge on any atom is 0.251 e. The van der Waals surface area contributed by atoms with Gasteiger partial charge in [0.1, 0.15) is 0 Å². The topological polar surface area (TPSA) is 70.1 Å². The predicted molar refractivity (Wildman–Crippen MR) is 105 cm³/mol. The molecule has 5 nitrogen and oxygen atoms in total. The molecule has 0 saturated carbocycles. The fraction of sp³-hybridized carbons (Fsp3) is 0.524. The Balaban J connectivity index is 2.49. The Morgan fingerprint density at radius 1 is 1.27 bits per heavy atom. The molecule has 2 rings (SSSR count). The highest BCUT2D eigenvalue weighted by molar-refractivity contribution is 6.02. The number of unbranched alkanes of at least 4 members (excludes halogenated alkanes) is 2.